The van der Waals surface area contributed by atoms with Crippen LogP contribution in [-0.2, 0) is 13.0 Å². The molecular weight excluding hydrogens is 346 g/mol. The van der Waals surface area contributed by atoms with Crippen molar-refractivity contribution in [3.8, 4) is 0 Å². The molecule has 0 aliphatic carbocycles. The molecule has 0 saturated carbocycles. The van der Waals surface area contributed by atoms with Crippen molar-refractivity contribution >= 4 is 22.5 Å². The standard InChI is InChI=1S/C19H19N5O3/c1-2-24-8-7-14-12(10-24)16(11-5-3-4-6-13(11)21-14)18(26)22-15-9-20-19(27)23-17(15)25/h3-6,9H,2,7-8,10H2,1H3,(H,22,26)(H2,20,23,25,27). The fourth-order valence-electron chi connectivity index (χ4n) is 3.46. The predicted octanol–water partition coefficient (Wildman–Crippen LogP) is 1.24. The van der Waals surface area contributed by atoms with E-state index in [2.05, 4.69) is 27.1 Å². The summed E-state index contributed by atoms with van der Waals surface area (Å²) in [6, 6.07) is 7.49. The van der Waals surface area contributed by atoms with E-state index >= 15 is 0 Å². The number of aromatic nitrogens is 3. The first-order valence-electron chi connectivity index (χ1n) is 8.83. The molecule has 2 aromatic heterocycles. The van der Waals surface area contributed by atoms with Gasteiger partial charge in [-0.25, -0.2) is 4.79 Å². The van der Waals surface area contributed by atoms with E-state index in [-0.39, 0.29) is 11.6 Å². The molecule has 27 heavy (non-hydrogen) atoms. The number of hydrogen-bond donors (Lipinski definition) is 3. The molecule has 0 saturated heterocycles. The number of carbonyl (C=O) groups excluding carboxylic acids is 1. The van der Waals surface area contributed by atoms with E-state index in [1.54, 1.807) is 0 Å². The first-order valence-corrected chi connectivity index (χ1v) is 8.83. The largest absolute Gasteiger partial charge is 0.325 e. The van der Waals surface area contributed by atoms with Crippen LogP contribution in [-0.4, -0.2) is 38.8 Å². The number of nitrogens with one attached hydrogen (secondary N) is 3. The lowest BCUT2D eigenvalue weighted by molar-refractivity contribution is 0.102. The number of pyridine rings is 1. The van der Waals surface area contributed by atoms with Gasteiger partial charge >= 0.3 is 5.69 Å². The molecule has 0 fully saturated rings. The van der Waals surface area contributed by atoms with Crippen molar-refractivity contribution in [1.82, 2.24) is 19.9 Å². The van der Waals surface area contributed by atoms with Crippen LogP contribution in [0, 0.1) is 0 Å². The summed E-state index contributed by atoms with van der Waals surface area (Å²) in [5, 5.41) is 3.37. The fourth-order valence-corrected chi connectivity index (χ4v) is 3.46. The Kier molecular flexibility index (Phi) is 4.33. The van der Waals surface area contributed by atoms with Crippen LogP contribution < -0.4 is 16.6 Å². The highest BCUT2D eigenvalue weighted by atomic mass is 16.2. The highest BCUT2D eigenvalue weighted by Gasteiger charge is 2.25. The summed E-state index contributed by atoms with van der Waals surface area (Å²) in [5.74, 6) is -0.389. The number of anilines is 1. The zero-order chi connectivity index (χ0) is 19.0. The molecule has 1 aromatic carbocycles. The maximum Gasteiger partial charge on any atom is 0.325 e. The topological polar surface area (TPSA) is 111 Å². The molecule has 3 aromatic rings. The van der Waals surface area contributed by atoms with Crippen LogP contribution >= 0.6 is 0 Å². The lowest BCUT2D eigenvalue weighted by Gasteiger charge is -2.29. The number of hydrogen-bond acceptors (Lipinski definition) is 5. The molecule has 8 heteroatoms. The van der Waals surface area contributed by atoms with E-state index in [9.17, 15) is 14.4 Å². The van der Waals surface area contributed by atoms with Crippen molar-refractivity contribution in [2.75, 3.05) is 18.4 Å². The average molecular weight is 365 g/mol. The van der Waals surface area contributed by atoms with Gasteiger partial charge in [-0.1, -0.05) is 25.1 Å². The molecule has 0 atom stereocenters. The number of para-hydroxylation sites is 1. The molecule has 1 amide bonds. The smallest absolute Gasteiger partial charge is 0.316 e. The van der Waals surface area contributed by atoms with Crippen molar-refractivity contribution in [2.24, 2.45) is 0 Å². The molecule has 0 radical (unpaired) electrons. The Morgan fingerprint density at radius 1 is 1.30 bits per heavy atom. The van der Waals surface area contributed by atoms with E-state index in [4.69, 9.17) is 4.98 Å². The van der Waals surface area contributed by atoms with Crippen molar-refractivity contribution in [2.45, 2.75) is 19.9 Å². The summed E-state index contributed by atoms with van der Waals surface area (Å²) in [7, 11) is 0. The Labute approximate surface area is 154 Å². The summed E-state index contributed by atoms with van der Waals surface area (Å²) in [4.78, 5) is 47.7. The molecule has 138 valence electrons. The molecular formula is C19H19N5O3. The van der Waals surface area contributed by atoms with Crippen LogP contribution in [0.2, 0.25) is 0 Å². The number of amides is 1. The molecule has 0 unspecified atom stereocenters. The maximum atomic E-state index is 13.1. The highest BCUT2D eigenvalue weighted by Crippen LogP contribution is 2.28. The van der Waals surface area contributed by atoms with Crippen molar-refractivity contribution < 1.29 is 4.79 Å². The van der Waals surface area contributed by atoms with Crippen LogP contribution in [0.5, 0.6) is 0 Å². The first-order chi connectivity index (χ1) is 13.1. The maximum absolute atomic E-state index is 13.1. The molecule has 0 bridgehead atoms. The molecule has 3 heterocycles. The minimum absolute atomic E-state index is 0.00241. The quantitative estimate of drug-likeness (QED) is 0.647. The third-order valence-electron chi connectivity index (χ3n) is 4.87. The van der Waals surface area contributed by atoms with Gasteiger partial charge in [0.1, 0.15) is 5.69 Å². The number of benzene rings is 1. The van der Waals surface area contributed by atoms with Crippen LogP contribution in [0.15, 0.2) is 40.1 Å². The van der Waals surface area contributed by atoms with Gasteiger partial charge in [-0.15, -0.1) is 0 Å². The van der Waals surface area contributed by atoms with Gasteiger partial charge in [-0.3, -0.25) is 24.5 Å². The van der Waals surface area contributed by atoms with E-state index in [0.717, 1.165) is 41.7 Å². The Balaban J connectivity index is 1.85. The first kappa shape index (κ1) is 17.2. The van der Waals surface area contributed by atoms with E-state index in [1.165, 1.54) is 6.20 Å². The van der Waals surface area contributed by atoms with Gasteiger partial charge in [-0.05, 0) is 12.6 Å². The van der Waals surface area contributed by atoms with Gasteiger partial charge in [0.15, 0.2) is 0 Å². The number of nitrogens with zero attached hydrogens (tertiary/aromatic N) is 2. The Hall–Kier alpha value is -3.26. The van der Waals surface area contributed by atoms with E-state index in [1.807, 2.05) is 24.3 Å². The predicted molar refractivity (Wildman–Crippen MR) is 102 cm³/mol. The monoisotopic (exact) mass is 365 g/mol. The molecule has 8 nitrogen and oxygen atoms in total. The lowest BCUT2D eigenvalue weighted by Crippen LogP contribution is -2.33. The minimum atomic E-state index is -0.644. The Morgan fingerprint density at radius 3 is 2.89 bits per heavy atom. The van der Waals surface area contributed by atoms with Gasteiger partial charge in [-0.2, -0.15) is 0 Å². The van der Waals surface area contributed by atoms with Crippen molar-refractivity contribution in [3.05, 3.63) is 68.1 Å². The van der Waals surface area contributed by atoms with E-state index in [0.29, 0.717) is 12.1 Å². The Bertz CT molecular complexity index is 1150. The lowest BCUT2D eigenvalue weighted by atomic mass is 9.95. The number of aromatic amines is 2. The van der Waals surface area contributed by atoms with Crippen molar-refractivity contribution in [3.63, 3.8) is 0 Å². The van der Waals surface area contributed by atoms with Crippen LogP contribution in [0.25, 0.3) is 10.9 Å². The van der Waals surface area contributed by atoms with E-state index < -0.39 is 11.2 Å². The zero-order valence-electron chi connectivity index (χ0n) is 14.8. The summed E-state index contributed by atoms with van der Waals surface area (Å²) in [6.45, 7) is 4.50. The number of likely N-dealkylation sites (N-methyl/N-ethyl adjacent to an activating group) is 1. The number of rotatable bonds is 3. The van der Waals surface area contributed by atoms with Gasteiger partial charge in [0.05, 0.1) is 11.1 Å². The third kappa shape index (κ3) is 3.15. The van der Waals surface area contributed by atoms with Crippen LogP contribution in [0.4, 0.5) is 5.69 Å². The van der Waals surface area contributed by atoms with Gasteiger partial charge in [0, 0.05) is 42.4 Å². The summed E-state index contributed by atoms with van der Waals surface area (Å²) >= 11 is 0. The summed E-state index contributed by atoms with van der Waals surface area (Å²) in [5.41, 5.74) is 1.82. The highest BCUT2D eigenvalue weighted by molar-refractivity contribution is 6.13. The zero-order valence-corrected chi connectivity index (χ0v) is 14.8. The van der Waals surface area contributed by atoms with Gasteiger partial charge in [0.25, 0.3) is 11.5 Å². The SMILES string of the molecule is CCN1CCc2nc3ccccc3c(C(=O)Nc3c[nH]c(=O)[nH]c3=O)c2C1. The Morgan fingerprint density at radius 2 is 2.11 bits per heavy atom. The fraction of sp³-hybridized carbons (Fsp3) is 0.263. The number of fused-ring (bicyclic) bond motifs is 2. The molecule has 1 aliphatic heterocycles. The van der Waals surface area contributed by atoms with Crippen molar-refractivity contribution in [1.29, 1.82) is 0 Å². The average Bonchev–Trinajstić information content (AvgIpc) is 2.67. The number of H-pyrrole nitrogens is 2. The van der Waals surface area contributed by atoms with Gasteiger partial charge in [0.2, 0.25) is 0 Å². The summed E-state index contributed by atoms with van der Waals surface area (Å²) < 4.78 is 0. The molecule has 0 spiro atoms. The molecule has 1 aliphatic rings. The second kappa shape index (κ2) is 6.81. The van der Waals surface area contributed by atoms with Crippen LogP contribution in [0.1, 0.15) is 28.5 Å². The molecule has 4 rings (SSSR count). The second-order valence-corrected chi connectivity index (χ2v) is 6.49. The summed E-state index contributed by atoms with van der Waals surface area (Å²) in [6.07, 6.45) is 1.97. The van der Waals surface area contributed by atoms with Gasteiger partial charge < -0.3 is 10.3 Å². The second-order valence-electron chi connectivity index (χ2n) is 6.49. The normalized spacial score (nSPS) is 14.1. The minimum Gasteiger partial charge on any atom is -0.316 e. The van der Waals surface area contributed by atoms with Crippen LogP contribution in [0.3, 0.4) is 0 Å². The third-order valence-corrected chi connectivity index (χ3v) is 4.87. The molecule has 3 N–H and O–H groups in total. The number of carbonyl (C=O) groups is 1.